The molecule has 1 aliphatic heterocycles. The Hall–Kier alpha value is -2.42. The van der Waals surface area contributed by atoms with Gasteiger partial charge in [-0.05, 0) is 37.0 Å². The Bertz CT molecular complexity index is 805. The second kappa shape index (κ2) is 8.94. The minimum Gasteiger partial charge on any atom is -0.467 e. The van der Waals surface area contributed by atoms with Gasteiger partial charge in [-0.1, -0.05) is 40.9 Å². The predicted octanol–water partition coefficient (Wildman–Crippen LogP) is 2.42. The summed E-state index contributed by atoms with van der Waals surface area (Å²) >= 11 is 3.33. The molecule has 9 heteroatoms. The van der Waals surface area contributed by atoms with Crippen LogP contribution in [0.25, 0.3) is 0 Å². The van der Waals surface area contributed by atoms with E-state index in [0.717, 1.165) is 17.3 Å². The topological polar surface area (TPSA) is 105 Å². The highest BCUT2D eigenvalue weighted by molar-refractivity contribution is 9.10. The molecule has 4 amide bonds. The Morgan fingerprint density at radius 3 is 2.52 bits per heavy atom. The molecule has 0 aromatic heterocycles. The van der Waals surface area contributed by atoms with Crippen LogP contribution < -0.4 is 10.6 Å². The van der Waals surface area contributed by atoms with Crippen molar-refractivity contribution in [3.8, 4) is 0 Å². The molecular formula is C20H24BrN3O5. The van der Waals surface area contributed by atoms with Crippen LogP contribution in [-0.4, -0.2) is 47.9 Å². The minimum atomic E-state index is -0.918. The Labute approximate surface area is 177 Å². The second-order valence-electron chi connectivity index (χ2n) is 7.35. The van der Waals surface area contributed by atoms with E-state index in [1.165, 1.54) is 12.0 Å². The third-order valence-electron chi connectivity index (χ3n) is 5.43. The molecule has 1 heterocycles. The molecule has 1 aliphatic carbocycles. The van der Waals surface area contributed by atoms with Gasteiger partial charge < -0.3 is 15.4 Å². The van der Waals surface area contributed by atoms with Crippen LogP contribution in [0.4, 0.5) is 4.79 Å². The molecule has 29 heavy (non-hydrogen) atoms. The van der Waals surface area contributed by atoms with Gasteiger partial charge in [-0.25, -0.2) is 9.59 Å². The summed E-state index contributed by atoms with van der Waals surface area (Å²) in [7, 11) is 1.26. The summed E-state index contributed by atoms with van der Waals surface area (Å²) in [6.07, 6.45) is 3.58. The monoisotopic (exact) mass is 465 g/mol. The summed E-state index contributed by atoms with van der Waals surface area (Å²) in [5, 5.41) is 5.49. The molecule has 1 atom stereocenters. The first-order valence-electron chi connectivity index (χ1n) is 9.63. The number of imide groups is 1. The number of urea groups is 1. The lowest BCUT2D eigenvalue weighted by atomic mass is 9.98. The van der Waals surface area contributed by atoms with Gasteiger partial charge >= 0.3 is 12.0 Å². The van der Waals surface area contributed by atoms with E-state index in [1.807, 2.05) is 0 Å². The molecule has 1 saturated carbocycles. The molecule has 2 N–H and O–H groups in total. The normalized spacial score (nSPS) is 18.6. The van der Waals surface area contributed by atoms with Crippen LogP contribution in [0.1, 0.15) is 50.1 Å². The zero-order chi connectivity index (χ0) is 21.0. The smallest absolute Gasteiger partial charge is 0.333 e. The van der Waals surface area contributed by atoms with Crippen molar-refractivity contribution in [1.29, 1.82) is 0 Å². The number of nitrogens with zero attached hydrogens (tertiary/aromatic N) is 1. The molecule has 1 unspecified atom stereocenters. The van der Waals surface area contributed by atoms with Crippen molar-refractivity contribution in [3.63, 3.8) is 0 Å². The Balaban J connectivity index is 1.54. The maximum Gasteiger partial charge on any atom is 0.333 e. The van der Waals surface area contributed by atoms with E-state index in [4.69, 9.17) is 4.74 Å². The van der Waals surface area contributed by atoms with Crippen LogP contribution in [0.2, 0.25) is 0 Å². The molecule has 0 bridgehead atoms. The van der Waals surface area contributed by atoms with Gasteiger partial charge in [0.05, 0.1) is 7.11 Å². The Morgan fingerprint density at radius 1 is 1.24 bits per heavy atom. The summed E-state index contributed by atoms with van der Waals surface area (Å²) < 4.78 is 5.65. The van der Waals surface area contributed by atoms with Crippen LogP contribution in [0.5, 0.6) is 0 Å². The molecule has 1 spiro atoms. The number of halogens is 1. The first-order valence-corrected chi connectivity index (χ1v) is 10.4. The van der Waals surface area contributed by atoms with E-state index < -0.39 is 17.6 Å². The van der Waals surface area contributed by atoms with Gasteiger partial charge in [0.1, 0.15) is 5.54 Å². The first-order chi connectivity index (χ1) is 13.9. The number of esters is 1. The SMILES string of the molecule is COC(=O)C(NC(=O)CCCN1C(=O)NC2(CCCC2)C1=O)c1ccc(Br)cc1. The van der Waals surface area contributed by atoms with Crippen molar-refractivity contribution >= 4 is 39.7 Å². The van der Waals surface area contributed by atoms with Gasteiger partial charge in [0.25, 0.3) is 5.91 Å². The van der Waals surface area contributed by atoms with Gasteiger partial charge in [-0.2, -0.15) is 0 Å². The summed E-state index contributed by atoms with van der Waals surface area (Å²) in [4.78, 5) is 50.4. The lowest BCUT2D eigenvalue weighted by Crippen LogP contribution is -2.44. The van der Waals surface area contributed by atoms with E-state index in [0.29, 0.717) is 24.8 Å². The zero-order valence-electron chi connectivity index (χ0n) is 16.2. The molecule has 0 radical (unpaired) electrons. The Kier molecular flexibility index (Phi) is 6.56. The third-order valence-corrected chi connectivity index (χ3v) is 5.96. The van der Waals surface area contributed by atoms with Crippen LogP contribution in [0.15, 0.2) is 28.7 Å². The third kappa shape index (κ3) is 4.60. The molecule has 2 fully saturated rings. The molecule has 1 saturated heterocycles. The zero-order valence-corrected chi connectivity index (χ0v) is 17.8. The maximum atomic E-state index is 12.6. The summed E-state index contributed by atoms with van der Waals surface area (Å²) in [5.41, 5.74) is -0.137. The quantitative estimate of drug-likeness (QED) is 0.475. The number of hydrogen-bond acceptors (Lipinski definition) is 5. The largest absolute Gasteiger partial charge is 0.467 e. The van der Waals surface area contributed by atoms with Crippen molar-refractivity contribution in [2.75, 3.05) is 13.7 Å². The number of rotatable bonds is 7. The van der Waals surface area contributed by atoms with Crippen molar-refractivity contribution in [3.05, 3.63) is 34.3 Å². The molecule has 156 valence electrons. The average molecular weight is 466 g/mol. The van der Waals surface area contributed by atoms with Gasteiger partial charge in [0.15, 0.2) is 6.04 Å². The second-order valence-corrected chi connectivity index (χ2v) is 8.27. The van der Waals surface area contributed by atoms with Crippen molar-refractivity contribution in [2.45, 2.75) is 50.1 Å². The predicted molar refractivity (Wildman–Crippen MR) is 108 cm³/mol. The summed E-state index contributed by atoms with van der Waals surface area (Å²) in [6.45, 7) is 0.168. The summed E-state index contributed by atoms with van der Waals surface area (Å²) in [5.74, 6) is -1.12. The number of nitrogens with one attached hydrogen (secondary N) is 2. The number of benzene rings is 1. The fourth-order valence-corrected chi connectivity index (χ4v) is 4.14. The number of carbonyl (C=O) groups is 4. The number of amides is 4. The highest BCUT2D eigenvalue weighted by Crippen LogP contribution is 2.35. The fourth-order valence-electron chi connectivity index (χ4n) is 3.88. The standard InChI is InChI=1S/C20H24BrN3O5/c1-29-17(26)16(13-6-8-14(21)9-7-13)22-15(25)5-4-12-24-18(27)20(23-19(24)28)10-2-3-11-20/h6-9,16H,2-5,10-12H2,1H3,(H,22,25)(H,23,28). The highest BCUT2D eigenvalue weighted by Gasteiger charge is 2.52. The minimum absolute atomic E-state index is 0.0775. The van der Waals surface area contributed by atoms with E-state index in [1.54, 1.807) is 24.3 Å². The van der Waals surface area contributed by atoms with Gasteiger partial charge in [0, 0.05) is 17.4 Å². The van der Waals surface area contributed by atoms with Crippen molar-refractivity contribution < 1.29 is 23.9 Å². The molecule has 3 rings (SSSR count). The van der Waals surface area contributed by atoms with E-state index in [2.05, 4.69) is 26.6 Å². The van der Waals surface area contributed by atoms with Gasteiger partial charge in [-0.3, -0.25) is 14.5 Å². The van der Waals surface area contributed by atoms with Crippen LogP contribution in [0, 0.1) is 0 Å². The van der Waals surface area contributed by atoms with Gasteiger partial charge in [0.2, 0.25) is 5.91 Å². The number of hydrogen-bond donors (Lipinski definition) is 2. The van der Waals surface area contributed by atoms with Crippen LogP contribution >= 0.6 is 15.9 Å². The highest BCUT2D eigenvalue weighted by atomic mass is 79.9. The molecule has 8 nitrogen and oxygen atoms in total. The molecular weight excluding hydrogens is 442 g/mol. The number of methoxy groups -OCH3 is 1. The average Bonchev–Trinajstić information content (AvgIpc) is 3.26. The molecule has 1 aromatic carbocycles. The summed E-state index contributed by atoms with van der Waals surface area (Å²) in [6, 6.07) is 5.68. The van der Waals surface area contributed by atoms with Crippen LogP contribution in [-0.2, 0) is 19.1 Å². The number of carbonyl (C=O) groups excluding carboxylic acids is 4. The van der Waals surface area contributed by atoms with Crippen molar-refractivity contribution in [1.82, 2.24) is 15.5 Å². The fraction of sp³-hybridized carbons (Fsp3) is 0.500. The van der Waals surface area contributed by atoms with Crippen LogP contribution in [0.3, 0.4) is 0 Å². The maximum absolute atomic E-state index is 12.6. The lowest BCUT2D eigenvalue weighted by Gasteiger charge is -2.20. The van der Waals surface area contributed by atoms with E-state index in [-0.39, 0.29) is 30.8 Å². The van der Waals surface area contributed by atoms with E-state index >= 15 is 0 Å². The van der Waals surface area contributed by atoms with Crippen molar-refractivity contribution in [2.24, 2.45) is 0 Å². The molecule has 1 aromatic rings. The Morgan fingerprint density at radius 2 is 1.90 bits per heavy atom. The van der Waals surface area contributed by atoms with E-state index in [9.17, 15) is 19.2 Å². The lowest BCUT2D eigenvalue weighted by molar-refractivity contribution is -0.145. The van der Waals surface area contributed by atoms with Gasteiger partial charge in [-0.15, -0.1) is 0 Å². The first kappa shape index (κ1) is 21.3. The molecule has 2 aliphatic rings. The number of ether oxygens (including phenoxy) is 1.